The maximum Gasteiger partial charge on any atom is 0.298 e. The van der Waals surface area contributed by atoms with Crippen molar-refractivity contribution in [3.63, 3.8) is 0 Å². The summed E-state index contributed by atoms with van der Waals surface area (Å²) in [6.07, 6.45) is 1.48. The smallest absolute Gasteiger partial charge is 0.298 e. The Morgan fingerprint density at radius 2 is 1.96 bits per heavy atom. The number of para-hydroxylation sites is 1. The van der Waals surface area contributed by atoms with Crippen LogP contribution >= 0.6 is 0 Å². The first-order valence-corrected chi connectivity index (χ1v) is 8.39. The molecular formula is C21H13N3O4. The maximum atomic E-state index is 12.9. The van der Waals surface area contributed by atoms with E-state index in [4.69, 9.17) is 4.42 Å². The number of carbonyl (C=O) groups is 1. The van der Waals surface area contributed by atoms with Crippen LogP contribution in [0.2, 0.25) is 0 Å². The quantitative estimate of drug-likeness (QED) is 0.384. The Morgan fingerprint density at radius 1 is 1.18 bits per heavy atom. The molecular weight excluding hydrogens is 358 g/mol. The molecule has 0 amide bonds. The number of nitriles is 1. The molecule has 0 spiro atoms. The monoisotopic (exact) mass is 371 g/mol. The van der Waals surface area contributed by atoms with Crippen LogP contribution in [0.5, 0.6) is 0 Å². The average molecular weight is 371 g/mol. The standard InChI is InChI=1S/C21H13N3O4/c1-13-6-7-14(10-18(13)24(26)27)19-8-9-20(28-19)21(25)23-12-15(11-22)16-4-2-3-5-17(16)23/h2-10,12H,1H3. The lowest BCUT2D eigenvalue weighted by molar-refractivity contribution is -0.385. The number of nitro benzene ring substituents is 1. The summed E-state index contributed by atoms with van der Waals surface area (Å²) in [4.78, 5) is 23.6. The van der Waals surface area contributed by atoms with Gasteiger partial charge >= 0.3 is 0 Å². The Balaban J connectivity index is 1.75. The summed E-state index contributed by atoms with van der Waals surface area (Å²) in [5, 5.41) is 21.1. The van der Waals surface area contributed by atoms with Gasteiger partial charge in [0, 0.05) is 28.8 Å². The molecule has 0 aliphatic rings. The highest BCUT2D eigenvalue weighted by atomic mass is 16.6. The fourth-order valence-electron chi connectivity index (χ4n) is 3.12. The third-order valence-electron chi connectivity index (χ3n) is 4.56. The zero-order valence-electron chi connectivity index (χ0n) is 14.7. The van der Waals surface area contributed by atoms with Gasteiger partial charge in [0.05, 0.1) is 16.0 Å². The highest BCUT2D eigenvalue weighted by molar-refractivity contribution is 6.02. The number of hydrogen-bond donors (Lipinski definition) is 0. The second kappa shape index (κ2) is 6.52. The molecule has 0 fully saturated rings. The number of aryl methyl sites for hydroxylation is 1. The van der Waals surface area contributed by atoms with Crippen LogP contribution in [0.3, 0.4) is 0 Å². The molecule has 4 rings (SSSR count). The van der Waals surface area contributed by atoms with Crippen molar-refractivity contribution in [1.29, 1.82) is 5.26 Å². The SMILES string of the molecule is Cc1ccc(-c2ccc(C(=O)n3cc(C#N)c4ccccc43)o2)cc1[N+](=O)[O-]. The van der Waals surface area contributed by atoms with Crippen molar-refractivity contribution in [2.75, 3.05) is 0 Å². The van der Waals surface area contributed by atoms with Crippen molar-refractivity contribution in [2.24, 2.45) is 0 Å². The number of nitrogens with zero attached hydrogens (tertiary/aromatic N) is 3. The van der Waals surface area contributed by atoms with E-state index in [2.05, 4.69) is 6.07 Å². The number of carbonyl (C=O) groups excluding carboxylic acids is 1. The Labute approximate surface area is 159 Å². The maximum absolute atomic E-state index is 12.9. The van der Waals surface area contributed by atoms with E-state index in [9.17, 15) is 20.2 Å². The van der Waals surface area contributed by atoms with Crippen molar-refractivity contribution in [3.05, 3.63) is 87.8 Å². The van der Waals surface area contributed by atoms with Crippen LogP contribution in [-0.2, 0) is 0 Å². The first-order valence-electron chi connectivity index (χ1n) is 8.39. The molecule has 2 aromatic heterocycles. The second-order valence-corrected chi connectivity index (χ2v) is 6.27. The summed E-state index contributed by atoms with van der Waals surface area (Å²) in [5.74, 6) is -0.00236. The Morgan fingerprint density at radius 3 is 2.71 bits per heavy atom. The summed E-state index contributed by atoms with van der Waals surface area (Å²) in [5.41, 5.74) is 2.03. The van der Waals surface area contributed by atoms with E-state index >= 15 is 0 Å². The topological polar surface area (TPSA) is 102 Å². The molecule has 4 aromatic rings. The molecule has 28 heavy (non-hydrogen) atoms. The number of nitro groups is 1. The van der Waals surface area contributed by atoms with E-state index in [1.165, 1.54) is 22.9 Å². The molecule has 0 saturated carbocycles. The van der Waals surface area contributed by atoms with Gasteiger partial charge in [-0.05, 0) is 25.1 Å². The van der Waals surface area contributed by atoms with Crippen molar-refractivity contribution in [2.45, 2.75) is 6.92 Å². The third kappa shape index (κ3) is 2.73. The second-order valence-electron chi connectivity index (χ2n) is 6.27. The molecule has 0 N–H and O–H groups in total. The zero-order valence-corrected chi connectivity index (χ0v) is 14.7. The van der Waals surface area contributed by atoms with Gasteiger partial charge in [-0.15, -0.1) is 0 Å². The summed E-state index contributed by atoms with van der Waals surface area (Å²) in [6.45, 7) is 1.66. The number of rotatable bonds is 3. The van der Waals surface area contributed by atoms with E-state index < -0.39 is 10.8 Å². The van der Waals surface area contributed by atoms with E-state index in [1.54, 1.807) is 49.4 Å². The van der Waals surface area contributed by atoms with E-state index in [0.29, 0.717) is 33.4 Å². The molecule has 0 unspecified atom stereocenters. The molecule has 7 nitrogen and oxygen atoms in total. The first-order chi connectivity index (χ1) is 13.5. The molecule has 0 aliphatic carbocycles. The van der Waals surface area contributed by atoms with E-state index in [1.807, 2.05) is 0 Å². The molecule has 2 heterocycles. The number of fused-ring (bicyclic) bond motifs is 1. The van der Waals surface area contributed by atoms with Crippen LogP contribution in [0, 0.1) is 28.4 Å². The minimum atomic E-state index is -0.455. The molecule has 0 radical (unpaired) electrons. The van der Waals surface area contributed by atoms with Crippen molar-refractivity contribution >= 4 is 22.5 Å². The Kier molecular flexibility index (Phi) is 4.02. The Hall–Kier alpha value is -4.18. The number of benzene rings is 2. The predicted molar refractivity (Wildman–Crippen MR) is 102 cm³/mol. The van der Waals surface area contributed by atoms with Crippen LogP contribution in [0.25, 0.3) is 22.2 Å². The van der Waals surface area contributed by atoms with E-state index in [0.717, 1.165) is 0 Å². The molecule has 0 saturated heterocycles. The largest absolute Gasteiger partial charge is 0.451 e. The third-order valence-corrected chi connectivity index (χ3v) is 4.56. The molecule has 2 aromatic carbocycles. The highest BCUT2D eigenvalue weighted by Gasteiger charge is 2.19. The van der Waals surface area contributed by atoms with Crippen LogP contribution in [0.1, 0.15) is 21.7 Å². The lowest BCUT2D eigenvalue weighted by Gasteiger charge is -2.02. The summed E-state index contributed by atoms with van der Waals surface area (Å²) in [7, 11) is 0. The average Bonchev–Trinajstić information content (AvgIpc) is 3.33. The van der Waals surface area contributed by atoms with Crippen molar-refractivity contribution in [3.8, 4) is 17.4 Å². The van der Waals surface area contributed by atoms with Gasteiger partial charge in [-0.1, -0.05) is 30.3 Å². The summed E-state index contributed by atoms with van der Waals surface area (Å²) >= 11 is 0. The molecule has 7 heteroatoms. The van der Waals surface area contributed by atoms with Gasteiger partial charge in [0.2, 0.25) is 0 Å². The lowest BCUT2D eigenvalue weighted by Crippen LogP contribution is -2.09. The summed E-state index contributed by atoms with van der Waals surface area (Å²) in [6, 6.07) is 17.1. The minimum absolute atomic E-state index is 0.0168. The van der Waals surface area contributed by atoms with E-state index in [-0.39, 0.29) is 11.4 Å². The normalized spacial score (nSPS) is 10.7. The van der Waals surface area contributed by atoms with Gasteiger partial charge < -0.3 is 4.42 Å². The molecule has 0 bridgehead atoms. The fourth-order valence-corrected chi connectivity index (χ4v) is 3.12. The van der Waals surface area contributed by atoms with Gasteiger partial charge in [0.15, 0.2) is 5.76 Å². The summed E-state index contributed by atoms with van der Waals surface area (Å²) < 4.78 is 7.05. The van der Waals surface area contributed by atoms with Gasteiger partial charge in [-0.25, -0.2) is 0 Å². The van der Waals surface area contributed by atoms with Crippen molar-refractivity contribution < 1.29 is 14.1 Å². The molecule has 0 aliphatic heterocycles. The zero-order chi connectivity index (χ0) is 19.8. The number of aromatic nitrogens is 1. The Bertz CT molecular complexity index is 1290. The van der Waals surface area contributed by atoms with Crippen LogP contribution in [0.15, 0.2) is 65.2 Å². The van der Waals surface area contributed by atoms with Gasteiger partial charge in [0.1, 0.15) is 11.8 Å². The lowest BCUT2D eigenvalue weighted by atomic mass is 10.1. The van der Waals surface area contributed by atoms with Crippen molar-refractivity contribution in [1.82, 2.24) is 4.57 Å². The number of hydrogen-bond acceptors (Lipinski definition) is 5. The minimum Gasteiger partial charge on any atom is -0.451 e. The van der Waals surface area contributed by atoms with Crippen LogP contribution < -0.4 is 0 Å². The fraction of sp³-hybridized carbons (Fsp3) is 0.0476. The van der Waals surface area contributed by atoms with Gasteiger partial charge in [-0.3, -0.25) is 19.5 Å². The van der Waals surface area contributed by atoms with Crippen LogP contribution in [0.4, 0.5) is 5.69 Å². The van der Waals surface area contributed by atoms with Crippen LogP contribution in [-0.4, -0.2) is 15.4 Å². The first kappa shape index (κ1) is 17.2. The molecule has 136 valence electrons. The van der Waals surface area contributed by atoms with Gasteiger partial charge in [-0.2, -0.15) is 5.26 Å². The predicted octanol–water partition coefficient (Wildman–Crippen LogP) is 4.68. The molecule has 0 atom stereocenters. The number of furan rings is 1. The van der Waals surface area contributed by atoms with Gasteiger partial charge in [0.25, 0.3) is 11.6 Å². The highest BCUT2D eigenvalue weighted by Crippen LogP contribution is 2.29.